The van der Waals surface area contributed by atoms with Gasteiger partial charge in [0.25, 0.3) is 0 Å². The molecule has 28 heavy (non-hydrogen) atoms. The summed E-state index contributed by atoms with van der Waals surface area (Å²) in [5, 5.41) is 7.09. The zero-order valence-corrected chi connectivity index (χ0v) is 16.2. The van der Waals surface area contributed by atoms with Crippen molar-refractivity contribution in [1.82, 2.24) is 19.7 Å². The number of rotatable bonds is 2. The van der Waals surface area contributed by atoms with E-state index < -0.39 is 5.60 Å². The van der Waals surface area contributed by atoms with Gasteiger partial charge in [-0.15, -0.1) is 0 Å². The van der Waals surface area contributed by atoms with E-state index >= 15 is 0 Å². The summed E-state index contributed by atoms with van der Waals surface area (Å²) in [4.78, 5) is 19.3. The van der Waals surface area contributed by atoms with Crippen LogP contribution in [0, 0.1) is 0 Å². The van der Waals surface area contributed by atoms with Gasteiger partial charge in [-0.25, -0.2) is 9.78 Å². The fraction of sp³-hybridized carbons (Fsp3) is 0.286. The number of carbonyl (C=O) groups excluding carboxylic acids is 1. The van der Waals surface area contributed by atoms with Crippen molar-refractivity contribution in [3.63, 3.8) is 0 Å². The number of urea groups is 1. The molecule has 1 N–H and O–H groups in total. The van der Waals surface area contributed by atoms with Gasteiger partial charge in [-0.05, 0) is 32.0 Å². The van der Waals surface area contributed by atoms with Crippen molar-refractivity contribution < 1.29 is 9.53 Å². The van der Waals surface area contributed by atoms with Crippen LogP contribution in [0.15, 0.2) is 54.9 Å². The number of fused-ring (bicyclic) bond motifs is 1. The minimum absolute atomic E-state index is 0.204. The third kappa shape index (κ3) is 3.83. The summed E-state index contributed by atoms with van der Waals surface area (Å²) < 4.78 is 7.83. The first-order valence-electron chi connectivity index (χ1n) is 9.19. The molecule has 0 radical (unpaired) electrons. The maximum absolute atomic E-state index is 13.0. The monoisotopic (exact) mass is 377 g/mol. The van der Waals surface area contributed by atoms with Crippen LogP contribution < -0.4 is 10.1 Å². The van der Waals surface area contributed by atoms with Crippen LogP contribution in [-0.2, 0) is 13.6 Å². The number of nitrogens with zero attached hydrogens (tertiary/aromatic N) is 4. The van der Waals surface area contributed by atoms with Crippen molar-refractivity contribution in [2.45, 2.75) is 26.0 Å². The molecule has 0 spiro atoms. The fourth-order valence-electron chi connectivity index (χ4n) is 3.34. The van der Waals surface area contributed by atoms with Gasteiger partial charge in [-0.3, -0.25) is 10.00 Å². The Kier molecular flexibility index (Phi) is 4.50. The Bertz CT molecular complexity index is 1010. The van der Waals surface area contributed by atoms with Crippen LogP contribution in [0.4, 0.5) is 10.6 Å². The van der Waals surface area contributed by atoms with Crippen LogP contribution >= 0.6 is 0 Å². The van der Waals surface area contributed by atoms with Crippen molar-refractivity contribution in [2.75, 3.05) is 11.9 Å². The molecule has 3 heterocycles. The zero-order valence-electron chi connectivity index (χ0n) is 16.2. The van der Waals surface area contributed by atoms with Gasteiger partial charge in [0.15, 0.2) is 0 Å². The first-order valence-corrected chi connectivity index (χ1v) is 9.19. The highest BCUT2D eigenvalue weighted by atomic mass is 16.5. The summed E-state index contributed by atoms with van der Waals surface area (Å²) in [5.41, 5.74) is 2.16. The highest BCUT2D eigenvalue weighted by molar-refractivity contribution is 5.88. The van der Waals surface area contributed by atoms with Crippen LogP contribution in [0.2, 0.25) is 0 Å². The molecule has 3 aromatic rings. The number of aryl methyl sites for hydroxylation is 1. The average Bonchev–Trinajstić information content (AvgIpc) is 3.02. The van der Waals surface area contributed by atoms with Crippen molar-refractivity contribution >= 4 is 11.8 Å². The number of nitrogens with one attached hydrogen (secondary N) is 1. The Morgan fingerprint density at radius 2 is 2.00 bits per heavy atom. The van der Waals surface area contributed by atoms with Gasteiger partial charge in [-0.1, -0.05) is 24.3 Å². The Labute approximate surface area is 164 Å². The first kappa shape index (κ1) is 18.0. The molecule has 2 amide bonds. The van der Waals surface area contributed by atoms with Crippen LogP contribution in [0.1, 0.15) is 19.4 Å². The molecule has 0 saturated carbocycles. The number of anilines is 1. The van der Waals surface area contributed by atoms with E-state index in [2.05, 4.69) is 15.4 Å². The maximum Gasteiger partial charge on any atom is 0.323 e. The van der Waals surface area contributed by atoms with E-state index in [4.69, 9.17) is 4.74 Å². The number of carbonyl (C=O) groups is 1. The number of para-hydroxylation sites is 1. The smallest absolute Gasteiger partial charge is 0.323 e. The van der Waals surface area contributed by atoms with E-state index in [-0.39, 0.29) is 6.03 Å². The molecular formula is C21H23N5O2. The van der Waals surface area contributed by atoms with Crippen LogP contribution in [-0.4, -0.2) is 37.8 Å². The number of aromatic nitrogens is 3. The lowest BCUT2D eigenvalue weighted by molar-refractivity contribution is 0.0834. The molecule has 0 bridgehead atoms. The van der Waals surface area contributed by atoms with E-state index in [1.807, 2.05) is 63.5 Å². The SMILES string of the molecule is Cn1cc(-c2cccc(NC(=O)N3Cc4ccccc4OC(C)(C)C3)n2)cn1. The molecule has 7 nitrogen and oxygen atoms in total. The first-order chi connectivity index (χ1) is 13.4. The normalized spacial score (nSPS) is 15.3. The lowest BCUT2D eigenvalue weighted by Gasteiger charge is -2.29. The molecule has 1 aromatic carbocycles. The van der Waals surface area contributed by atoms with E-state index in [1.165, 1.54) is 0 Å². The van der Waals surface area contributed by atoms with Crippen LogP contribution in [0.3, 0.4) is 0 Å². The van der Waals surface area contributed by atoms with Gasteiger partial charge in [0, 0.05) is 24.4 Å². The van der Waals surface area contributed by atoms with Gasteiger partial charge >= 0.3 is 6.03 Å². The molecule has 0 atom stereocenters. The number of pyridine rings is 1. The topological polar surface area (TPSA) is 72.3 Å². The van der Waals surface area contributed by atoms with Crippen molar-refractivity contribution in [2.24, 2.45) is 7.05 Å². The highest BCUT2D eigenvalue weighted by Crippen LogP contribution is 2.29. The lowest BCUT2D eigenvalue weighted by atomic mass is 10.1. The molecule has 0 aliphatic carbocycles. The molecular weight excluding hydrogens is 354 g/mol. The number of ether oxygens (including phenoxy) is 1. The molecule has 144 valence electrons. The molecule has 1 aliphatic heterocycles. The van der Waals surface area contributed by atoms with Gasteiger partial charge in [-0.2, -0.15) is 5.10 Å². The predicted octanol–water partition coefficient (Wildman–Crippen LogP) is 3.69. The Morgan fingerprint density at radius 3 is 2.79 bits per heavy atom. The summed E-state index contributed by atoms with van der Waals surface area (Å²) in [5.74, 6) is 1.32. The largest absolute Gasteiger partial charge is 0.486 e. The molecule has 0 saturated heterocycles. The predicted molar refractivity (Wildman–Crippen MR) is 107 cm³/mol. The van der Waals surface area contributed by atoms with E-state index in [0.717, 1.165) is 22.6 Å². The Balaban J connectivity index is 1.55. The second-order valence-electron chi connectivity index (χ2n) is 7.57. The van der Waals surface area contributed by atoms with E-state index in [1.54, 1.807) is 21.8 Å². The van der Waals surface area contributed by atoms with Crippen molar-refractivity contribution in [3.05, 3.63) is 60.4 Å². The van der Waals surface area contributed by atoms with Gasteiger partial charge in [0.2, 0.25) is 0 Å². The quantitative estimate of drug-likeness (QED) is 0.739. The molecule has 2 aromatic heterocycles. The summed E-state index contributed by atoms with van der Waals surface area (Å²) in [6, 6.07) is 13.2. The van der Waals surface area contributed by atoms with Crippen LogP contribution in [0.25, 0.3) is 11.3 Å². The maximum atomic E-state index is 13.0. The number of hydrogen-bond donors (Lipinski definition) is 1. The molecule has 1 aliphatic rings. The highest BCUT2D eigenvalue weighted by Gasteiger charge is 2.31. The second kappa shape index (κ2) is 6.99. The Morgan fingerprint density at radius 1 is 1.18 bits per heavy atom. The minimum atomic E-state index is -0.491. The molecule has 0 unspecified atom stereocenters. The van der Waals surface area contributed by atoms with Gasteiger partial charge < -0.3 is 9.64 Å². The van der Waals surface area contributed by atoms with Gasteiger partial charge in [0.05, 0.1) is 25.0 Å². The van der Waals surface area contributed by atoms with Crippen molar-refractivity contribution in [3.8, 4) is 17.0 Å². The fourth-order valence-corrected chi connectivity index (χ4v) is 3.34. The molecule has 7 heteroatoms. The average molecular weight is 377 g/mol. The Hall–Kier alpha value is -3.35. The molecule has 0 fully saturated rings. The summed E-state index contributed by atoms with van der Waals surface area (Å²) in [7, 11) is 1.86. The van der Waals surface area contributed by atoms with E-state index in [9.17, 15) is 4.79 Å². The summed E-state index contributed by atoms with van der Waals surface area (Å²) in [6.45, 7) is 4.91. The number of hydrogen-bond acceptors (Lipinski definition) is 4. The van der Waals surface area contributed by atoms with E-state index in [0.29, 0.717) is 18.9 Å². The zero-order chi connectivity index (χ0) is 19.7. The standard InChI is InChI=1S/C21H23N5O2/c1-21(2)14-26(13-15-7-4-5-9-18(15)28-21)20(27)24-19-10-6-8-17(23-19)16-11-22-25(3)12-16/h4-12H,13-14H2,1-3H3,(H,23,24,27). The third-order valence-electron chi connectivity index (χ3n) is 4.56. The van der Waals surface area contributed by atoms with Gasteiger partial charge in [0.1, 0.15) is 17.2 Å². The number of amides is 2. The minimum Gasteiger partial charge on any atom is -0.486 e. The van der Waals surface area contributed by atoms with Crippen LogP contribution in [0.5, 0.6) is 5.75 Å². The third-order valence-corrected chi connectivity index (χ3v) is 4.56. The number of benzene rings is 1. The second-order valence-corrected chi connectivity index (χ2v) is 7.57. The summed E-state index contributed by atoms with van der Waals surface area (Å²) >= 11 is 0. The lowest BCUT2D eigenvalue weighted by Crippen LogP contribution is -2.44. The molecule has 4 rings (SSSR count). The summed E-state index contributed by atoms with van der Waals surface area (Å²) in [6.07, 6.45) is 3.64. The van der Waals surface area contributed by atoms with Crippen molar-refractivity contribution in [1.29, 1.82) is 0 Å².